The van der Waals surface area contributed by atoms with Crippen LogP contribution in [0, 0.1) is 15.9 Å². The standard InChI is InChI=1S/C26H16FN3O3/c27-20-11-9-17(10-12-20)26(31)24(29-15-25(28-16-29)30(32)33)14-23-21-7-3-1-5-18(21)13-19-6-2-4-8-22(19)23/h1-16H/b24-14+. The Morgan fingerprint density at radius 3 is 2.12 bits per heavy atom. The van der Waals surface area contributed by atoms with Crippen LogP contribution in [0.15, 0.2) is 91.4 Å². The summed E-state index contributed by atoms with van der Waals surface area (Å²) in [5.41, 5.74) is 1.21. The number of imidazole rings is 1. The Kier molecular flexibility index (Phi) is 4.99. The van der Waals surface area contributed by atoms with Crippen molar-refractivity contribution < 1.29 is 14.1 Å². The van der Waals surface area contributed by atoms with Gasteiger partial charge in [0.05, 0.1) is 5.70 Å². The van der Waals surface area contributed by atoms with Gasteiger partial charge in [0.1, 0.15) is 12.0 Å². The molecule has 0 aliphatic rings. The van der Waals surface area contributed by atoms with Gasteiger partial charge < -0.3 is 10.1 Å². The fourth-order valence-corrected chi connectivity index (χ4v) is 3.89. The summed E-state index contributed by atoms with van der Waals surface area (Å²) < 4.78 is 14.8. The third-order valence-electron chi connectivity index (χ3n) is 5.47. The van der Waals surface area contributed by atoms with Crippen molar-refractivity contribution in [2.75, 3.05) is 0 Å². The van der Waals surface area contributed by atoms with Gasteiger partial charge in [0.2, 0.25) is 12.1 Å². The Morgan fingerprint density at radius 2 is 1.55 bits per heavy atom. The van der Waals surface area contributed by atoms with E-state index in [9.17, 15) is 19.3 Å². The number of ketones is 1. The van der Waals surface area contributed by atoms with Gasteiger partial charge in [-0.1, -0.05) is 48.5 Å². The maximum Gasteiger partial charge on any atom is 0.381 e. The fraction of sp³-hybridized carbons (Fsp3) is 0. The normalized spacial score (nSPS) is 11.7. The number of carbonyl (C=O) groups is 1. The van der Waals surface area contributed by atoms with Crippen LogP contribution in [0.25, 0.3) is 33.3 Å². The van der Waals surface area contributed by atoms with E-state index in [-0.39, 0.29) is 17.1 Å². The summed E-state index contributed by atoms with van der Waals surface area (Å²) in [6, 6.07) is 22.9. The molecule has 0 saturated carbocycles. The number of Topliss-reactive ketones (excluding diaryl/α,β-unsaturated/α-hetero) is 1. The zero-order valence-corrected chi connectivity index (χ0v) is 17.2. The molecule has 0 fully saturated rings. The Balaban J connectivity index is 1.80. The summed E-state index contributed by atoms with van der Waals surface area (Å²) in [5.74, 6) is -1.26. The topological polar surface area (TPSA) is 78.0 Å². The van der Waals surface area contributed by atoms with Crippen LogP contribution in [0.2, 0.25) is 0 Å². The molecule has 1 heterocycles. The molecule has 0 saturated heterocycles. The number of nitro groups is 1. The molecule has 0 bridgehead atoms. The second kappa shape index (κ2) is 8.12. The van der Waals surface area contributed by atoms with Crippen LogP contribution in [0.4, 0.5) is 10.2 Å². The molecule has 0 N–H and O–H groups in total. The van der Waals surface area contributed by atoms with Crippen LogP contribution in [0.5, 0.6) is 0 Å². The molecule has 0 spiro atoms. The molecule has 0 amide bonds. The number of allylic oxidation sites excluding steroid dienone is 1. The van der Waals surface area contributed by atoms with Crippen molar-refractivity contribution in [2.24, 2.45) is 0 Å². The number of aromatic nitrogens is 2. The van der Waals surface area contributed by atoms with Gasteiger partial charge in [-0.2, -0.15) is 0 Å². The quantitative estimate of drug-likeness (QED) is 0.109. The molecule has 33 heavy (non-hydrogen) atoms. The minimum absolute atomic E-state index is 0.156. The largest absolute Gasteiger partial charge is 0.381 e. The van der Waals surface area contributed by atoms with Gasteiger partial charge in [-0.05, 0) is 73.4 Å². The van der Waals surface area contributed by atoms with Crippen LogP contribution in [0.1, 0.15) is 15.9 Å². The highest BCUT2D eigenvalue weighted by Gasteiger charge is 2.20. The lowest BCUT2D eigenvalue weighted by atomic mass is 9.95. The first-order chi connectivity index (χ1) is 16.0. The van der Waals surface area contributed by atoms with Gasteiger partial charge in [0.25, 0.3) is 0 Å². The van der Waals surface area contributed by atoms with Crippen LogP contribution in [-0.4, -0.2) is 20.3 Å². The molecule has 0 radical (unpaired) electrons. The van der Waals surface area contributed by atoms with E-state index >= 15 is 0 Å². The number of hydrogen-bond acceptors (Lipinski definition) is 4. The molecule has 1 aromatic heterocycles. The monoisotopic (exact) mass is 437 g/mol. The van der Waals surface area contributed by atoms with E-state index in [1.165, 1.54) is 41.4 Å². The predicted octanol–water partition coefficient (Wildman–Crippen LogP) is 6.12. The highest BCUT2D eigenvalue weighted by molar-refractivity contribution is 6.29. The summed E-state index contributed by atoms with van der Waals surface area (Å²) in [4.78, 5) is 27.9. The van der Waals surface area contributed by atoms with Crippen molar-refractivity contribution in [2.45, 2.75) is 0 Å². The summed E-state index contributed by atoms with van der Waals surface area (Å²) >= 11 is 0. The summed E-state index contributed by atoms with van der Waals surface area (Å²) in [5, 5.41) is 15.0. The molecule has 0 aliphatic carbocycles. The van der Waals surface area contributed by atoms with Gasteiger partial charge in [0.15, 0.2) is 0 Å². The lowest BCUT2D eigenvalue weighted by Crippen LogP contribution is -2.08. The molecule has 6 nitrogen and oxygen atoms in total. The van der Waals surface area contributed by atoms with E-state index in [2.05, 4.69) is 11.1 Å². The number of rotatable bonds is 5. The smallest absolute Gasteiger partial charge is 0.358 e. The van der Waals surface area contributed by atoms with E-state index in [1.54, 1.807) is 6.08 Å². The van der Waals surface area contributed by atoms with Crippen molar-refractivity contribution in [3.05, 3.63) is 118 Å². The molecule has 0 atom stereocenters. The zero-order chi connectivity index (χ0) is 22.9. The third-order valence-corrected chi connectivity index (χ3v) is 5.47. The highest BCUT2D eigenvalue weighted by atomic mass is 19.1. The Bertz CT molecular complexity index is 1520. The van der Waals surface area contributed by atoms with Crippen molar-refractivity contribution in [1.29, 1.82) is 0 Å². The third kappa shape index (κ3) is 3.76. The Labute approximate surface area is 187 Å². The number of benzene rings is 4. The van der Waals surface area contributed by atoms with Crippen LogP contribution in [-0.2, 0) is 0 Å². The van der Waals surface area contributed by atoms with Crippen molar-refractivity contribution in [1.82, 2.24) is 9.55 Å². The van der Waals surface area contributed by atoms with Gasteiger partial charge in [-0.25, -0.2) is 4.39 Å². The van der Waals surface area contributed by atoms with Crippen molar-refractivity contribution in [3.63, 3.8) is 0 Å². The van der Waals surface area contributed by atoms with Crippen LogP contribution < -0.4 is 0 Å². The second-order valence-corrected chi connectivity index (χ2v) is 7.49. The second-order valence-electron chi connectivity index (χ2n) is 7.49. The first kappa shape index (κ1) is 20.3. The molecule has 0 unspecified atom stereocenters. The van der Waals surface area contributed by atoms with E-state index in [0.717, 1.165) is 27.1 Å². The molecule has 7 heteroatoms. The van der Waals surface area contributed by atoms with E-state index in [0.29, 0.717) is 0 Å². The minimum Gasteiger partial charge on any atom is -0.358 e. The van der Waals surface area contributed by atoms with E-state index < -0.39 is 16.5 Å². The SMILES string of the molecule is O=C(/C(=C\c1c2ccccc2cc2ccccc12)n1cnc([N+](=O)[O-])c1)c1ccc(F)cc1. The number of fused-ring (bicyclic) bond motifs is 2. The van der Waals surface area contributed by atoms with Gasteiger partial charge in [0, 0.05) is 5.56 Å². The van der Waals surface area contributed by atoms with Gasteiger partial charge in [-0.15, -0.1) is 0 Å². The summed E-state index contributed by atoms with van der Waals surface area (Å²) in [6.07, 6.45) is 4.14. The molecule has 5 rings (SSSR count). The maximum absolute atomic E-state index is 13.5. The van der Waals surface area contributed by atoms with E-state index in [1.807, 2.05) is 48.5 Å². The lowest BCUT2D eigenvalue weighted by molar-refractivity contribution is -0.389. The fourth-order valence-electron chi connectivity index (χ4n) is 3.89. The Morgan fingerprint density at radius 1 is 0.939 bits per heavy atom. The number of hydrogen-bond donors (Lipinski definition) is 0. The molecule has 0 aliphatic heterocycles. The summed E-state index contributed by atoms with van der Waals surface area (Å²) in [7, 11) is 0. The number of halogens is 1. The van der Waals surface area contributed by atoms with Crippen molar-refractivity contribution in [3.8, 4) is 0 Å². The van der Waals surface area contributed by atoms with Crippen LogP contribution in [0.3, 0.4) is 0 Å². The first-order valence-electron chi connectivity index (χ1n) is 10.1. The summed E-state index contributed by atoms with van der Waals surface area (Å²) in [6.45, 7) is 0. The average Bonchev–Trinajstić information content (AvgIpc) is 3.32. The molecular weight excluding hydrogens is 421 g/mol. The first-order valence-corrected chi connectivity index (χ1v) is 10.1. The molecule has 4 aromatic carbocycles. The minimum atomic E-state index is -0.621. The molecule has 5 aromatic rings. The number of carbonyl (C=O) groups excluding carboxylic acids is 1. The average molecular weight is 437 g/mol. The van der Waals surface area contributed by atoms with Gasteiger partial charge in [-0.3, -0.25) is 9.36 Å². The lowest BCUT2D eigenvalue weighted by Gasteiger charge is -2.12. The highest BCUT2D eigenvalue weighted by Crippen LogP contribution is 2.32. The molecule has 160 valence electrons. The maximum atomic E-state index is 13.5. The van der Waals surface area contributed by atoms with Crippen molar-refractivity contribution >= 4 is 44.9 Å². The zero-order valence-electron chi connectivity index (χ0n) is 17.2. The van der Waals surface area contributed by atoms with Gasteiger partial charge >= 0.3 is 5.82 Å². The molecular formula is C26H16FN3O3. The van der Waals surface area contributed by atoms with Crippen LogP contribution >= 0.6 is 0 Å². The van der Waals surface area contributed by atoms with E-state index in [4.69, 9.17) is 0 Å². The Hall–Kier alpha value is -4.65. The number of nitrogens with zero attached hydrogens (tertiary/aromatic N) is 3. The predicted molar refractivity (Wildman–Crippen MR) is 125 cm³/mol.